The first-order valence-corrected chi connectivity index (χ1v) is 7.53. The third kappa shape index (κ3) is 3.93. The molecule has 20 heavy (non-hydrogen) atoms. The highest BCUT2D eigenvalue weighted by Gasteiger charge is 2.11. The Bertz CT molecular complexity index is 584. The lowest BCUT2D eigenvalue weighted by Gasteiger charge is -2.11. The van der Waals surface area contributed by atoms with E-state index in [1.54, 1.807) is 18.5 Å². The number of halogens is 1. The Labute approximate surface area is 132 Å². The molecule has 2 aromatic rings. The second-order valence-corrected chi connectivity index (χ2v) is 5.55. The van der Waals surface area contributed by atoms with E-state index in [-0.39, 0.29) is 5.91 Å². The van der Waals surface area contributed by atoms with Crippen LogP contribution < -0.4 is 10.6 Å². The average Bonchev–Trinajstić information content (AvgIpc) is 2.47. The van der Waals surface area contributed by atoms with Crippen LogP contribution in [0.15, 0.2) is 42.7 Å². The summed E-state index contributed by atoms with van der Waals surface area (Å²) in [6.07, 6.45) is 4.30. The van der Waals surface area contributed by atoms with Crippen molar-refractivity contribution in [2.75, 3.05) is 17.2 Å². The number of anilines is 2. The normalized spacial score (nSPS) is 10.1. The quantitative estimate of drug-likeness (QED) is 0.776. The number of hydrogen-bond donors (Lipinski definition) is 2. The summed E-state index contributed by atoms with van der Waals surface area (Å²) in [6.45, 7) is 2.89. The molecule has 0 aliphatic rings. The molecular formula is C15H16IN3O. The number of aromatic nitrogens is 1. The van der Waals surface area contributed by atoms with Gasteiger partial charge in [-0.15, -0.1) is 0 Å². The van der Waals surface area contributed by atoms with Gasteiger partial charge in [-0.25, -0.2) is 0 Å². The van der Waals surface area contributed by atoms with Gasteiger partial charge in [0.05, 0.1) is 17.4 Å². The molecule has 0 radical (unpaired) electrons. The van der Waals surface area contributed by atoms with Crippen LogP contribution in [0.2, 0.25) is 0 Å². The minimum Gasteiger partial charge on any atom is -0.383 e. The molecule has 0 atom stereocenters. The number of benzene rings is 1. The van der Waals surface area contributed by atoms with Crippen molar-refractivity contribution in [3.8, 4) is 0 Å². The largest absolute Gasteiger partial charge is 0.383 e. The first-order chi connectivity index (χ1) is 9.70. The standard InChI is InChI=1S/C15H16IN3O/c1-2-8-18-14-10-17-9-7-13(14)15(20)19-12-5-3-11(16)4-6-12/h3-7,9-10,18H,2,8H2,1H3,(H,19,20). The highest BCUT2D eigenvalue weighted by molar-refractivity contribution is 14.1. The summed E-state index contributed by atoms with van der Waals surface area (Å²) in [5, 5.41) is 6.11. The maximum Gasteiger partial charge on any atom is 0.257 e. The SMILES string of the molecule is CCCNc1cnccc1C(=O)Nc1ccc(I)cc1. The highest BCUT2D eigenvalue weighted by Crippen LogP contribution is 2.17. The Balaban J connectivity index is 2.14. The van der Waals surface area contributed by atoms with Crippen molar-refractivity contribution >= 4 is 39.9 Å². The van der Waals surface area contributed by atoms with Crippen LogP contribution >= 0.6 is 22.6 Å². The Morgan fingerprint density at radius 2 is 2.00 bits per heavy atom. The summed E-state index contributed by atoms with van der Waals surface area (Å²) in [5.74, 6) is -0.132. The molecular weight excluding hydrogens is 365 g/mol. The molecule has 1 aromatic heterocycles. The molecule has 0 bridgehead atoms. The lowest BCUT2D eigenvalue weighted by atomic mass is 10.2. The maximum absolute atomic E-state index is 12.3. The number of hydrogen-bond acceptors (Lipinski definition) is 3. The van der Waals surface area contributed by atoms with Gasteiger partial charge in [0.25, 0.3) is 5.91 Å². The molecule has 104 valence electrons. The summed E-state index contributed by atoms with van der Waals surface area (Å²) in [5.41, 5.74) is 2.15. The van der Waals surface area contributed by atoms with E-state index in [9.17, 15) is 4.79 Å². The molecule has 0 aliphatic heterocycles. The van der Waals surface area contributed by atoms with Crippen LogP contribution in [0, 0.1) is 3.57 Å². The number of nitrogens with zero attached hydrogens (tertiary/aromatic N) is 1. The second kappa shape index (κ2) is 7.23. The zero-order valence-electron chi connectivity index (χ0n) is 11.2. The number of rotatable bonds is 5. The Morgan fingerprint density at radius 3 is 2.70 bits per heavy atom. The van der Waals surface area contributed by atoms with E-state index < -0.39 is 0 Å². The van der Waals surface area contributed by atoms with Crippen molar-refractivity contribution < 1.29 is 4.79 Å². The van der Waals surface area contributed by atoms with Gasteiger partial charge in [-0.05, 0) is 59.3 Å². The Morgan fingerprint density at radius 1 is 1.25 bits per heavy atom. The van der Waals surface area contributed by atoms with Crippen LogP contribution in [0.3, 0.4) is 0 Å². The Hall–Kier alpha value is -1.63. The van der Waals surface area contributed by atoms with E-state index >= 15 is 0 Å². The van der Waals surface area contributed by atoms with Crippen LogP contribution in [0.25, 0.3) is 0 Å². The number of amides is 1. The van der Waals surface area contributed by atoms with Gasteiger partial charge in [0.2, 0.25) is 0 Å². The van der Waals surface area contributed by atoms with Crippen molar-refractivity contribution in [2.24, 2.45) is 0 Å². The number of carbonyl (C=O) groups is 1. The van der Waals surface area contributed by atoms with Crippen LogP contribution in [0.5, 0.6) is 0 Å². The number of pyridine rings is 1. The fourth-order valence-corrected chi connectivity index (χ4v) is 2.08. The minimum absolute atomic E-state index is 0.132. The van der Waals surface area contributed by atoms with Gasteiger partial charge >= 0.3 is 0 Å². The molecule has 0 spiro atoms. The predicted molar refractivity (Wildman–Crippen MR) is 90.1 cm³/mol. The summed E-state index contributed by atoms with van der Waals surface area (Å²) in [6, 6.07) is 9.41. The molecule has 1 heterocycles. The lowest BCUT2D eigenvalue weighted by molar-refractivity contribution is 0.102. The molecule has 4 nitrogen and oxygen atoms in total. The van der Waals surface area contributed by atoms with E-state index in [0.717, 1.165) is 27.9 Å². The number of nitrogens with one attached hydrogen (secondary N) is 2. The van der Waals surface area contributed by atoms with Crippen LogP contribution in [-0.4, -0.2) is 17.4 Å². The predicted octanol–water partition coefficient (Wildman–Crippen LogP) is 3.76. The number of carbonyl (C=O) groups excluding carboxylic acids is 1. The van der Waals surface area contributed by atoms with E-state index in [2.05, 4.69) is 45.1 Å². The second-order valence-electron chi connectivity index (χ2n) is 4.31. The smallest absolute Gasteiger partial charge is 0.257 e. The van der Waals surface area contributed by atoms with Gasteiger partial charge in [0, 0.05) is 22.0 Å². The van der Waals surface area contributed by atoms with Crippen LogP contribution in [0.4, 0.5) is 11.4 Å². The highest BCUT2D eigenvalue weighted by atomic mass is 127. The minimum atomic E-state index is -0.132. The maximum atomic E-state index is 12.3. The van der Waals surface area contributed by atoms with E-state index in [4.69, 9.17) is 0 Å². The first kappa shape index (κ1) is 14.8. The molecule has 0 fully saturated rings. The topological polar surface area (TPSA) is 54.0 Å². The van der Waals surface area contributed by atoms with Gasteiger partial charge in [0.15, 0.2) is 0 Å². The molecule has 0 aliphatic carbocycles. The Kier molecular flexibility index (Phi) is 5.34. The summed E-state index contributed by atoms with van der Waals surface area (Å²) in [7, 11) is 0. The monoisotopic (exact) mass is 381 g/mol. The van der Waals surface area contributed by atoms with E-state index in [0.29, 0.717) is 5.56 Å². The molecule has 2 rings (SSSR count). The first-order valence-electron chi connectivity index (χ1n) is 6.45. The molecule has 1 amide bonds. The zero-order chi connectivity index (χ0) is 14.4. The van der Waals surface area contributed by atoms with Crippen LogP contribution in [0.1, 0.15) is 23.7 Å². The van der Waals surface area contributed by atoms with Gasteiger partial charge in [0.1, 0.15) is 0 Å². The van der Waals surface area contributed by atoms with Crippen molar-refractivity contribution in [2.45, 2.75) is 13.3 Å². The molecule has 0 unspecified atom stereocenters. The van der Waals surface area contributed by atoms with Crippen LogP contribution in [-0.2, 0) is 0 Å². The van der Waals surface area contributed by atoms with Gasteiger partial charge in [-0.1, -0.05) is 6.92 Å². The zero-order valence-corrected chi connectivity index (χ0v) is 13.3. The average molecular weight is 381 g/mol. The third-order valence-electron chi connectivity index (χ3n) is 2.73. The van der Waals surface area contributed by atoms with E-state index in [1.807, 2.05) is 24.3 Å². The van der Waals surface area contributed by atoms with E-state index in [1.165, 1.54) is 0 Å². The van der Waals surface area contributed by atoms with Crippen molar-refractivity contribution in [1.29, 1.82) is 0 Å². The summed E-state index contributed by atoms with van der Waals surface area (Å²) < 4.78 is 1.13. The molecule has 0 saturated carbocycles. The molecule has 0 saturated heterocycles. The van der Waals surface area contributed by atoms with Crippen molar-refractivity contribution in [3.05, 3.63) is 51.9 Å². The molecule has 2 N–H and O–H groups in total. The fourth-order valence-electron chi connectivity index (χ4n) is 1.72. The van der Waals surface area contributed by atoms with Gasteiger partial charge in [-0.2, -0.15) is 0 Å². The summed E-state index contributed by atoms with van der Waals surface area (Å²) in [4.78, 5) is 16.4. The molecule has 1 aromatic carbocycles. The van der Waals surface area contributed by atoms with Crippen molar-refractivity contribution in [3.63, 3.8) is 0 Å². The summed E-state index contributed by atoms with van der Waals surface area (Å²) >= 11 is 2.23. The van der Waals surface area contributed by atoms with Crippen molar-refractivity contribution in [1.82, 2.24) is 4.98 Å². The van der Waals surface area contributed by atoms with Gasteiger partial charge < -0.3 is 10.6 Å². The molecule has 5 heteroatoms. The third-order valence-corrected chi connectivity index (χ3v) is 3.45. The lowest BCUT2D eigenvalue weighted by Crippen LogP contribution is -2.15. The fraction of sp³-hybridized carbons (Fsp3) is 0.200. The van der Waals surface area contributed by atoms with Gasteiger partial charge in [-0.3, -0.25) is 9.78 Å².